The van der Waals surface area contributed by atoms with Crippen molar-refractivity contribution in [2.24, 2.45) is 0 Å². The number of hydrogen-bond acceptors (Lipinski definition) is 2. The van der Waals surface area contributed by atoms with Gasteiger partial charge in [0.1, 0.15) is 0 Å². The number of carbonyl (C=O) groups is 2. The minimum absolute atomic E-state index is 0.160. The number of unbranched alkanes of at least 4 members (excludes halogenated alkanes) is 2. The molecular weight excluding hydrogens is 412 g/mol. The van der Waals surface area contributed by atoms with E-state index in [0.29, 0.717) is 38.5 Å². The van der Waals surface area contributed by atoms with E-state index in [0.717, 1.165) is 11.1 Å². The van der Waals surface area contributed by atoms with E-state index in [1.807, 2.05) is 0 Å². The molecule has 4 nitrogen and oxygen atoms in total. The number of hydrogen-bond donors (Lipinski definition) is 2. The summed E-state index contributed by atoms with van der Waals surface area (Å²) in [6.07, 6.45) is 3.99. The number of carboxylic acid groups (broad SMARTS) is 2. The summed E-state index contributed by atoms with van der Waals surface area (Å²) in [7, 11) is 0. The van der Waals surface area contributed by atoms with Crippen molar-refractivity contribution >= 4 is 11.9 Å². The van der Waals surface area contributed by atoms with Crippen LogP contribution in [0.3, 0.4) is 0 Å². The first-order valence-corrected chi connectivity index (χ1v) is 11.3. The van der Waals surface area contributed by atoms with Crippen LogP contribution in [-0.2, 0) is 27.8 Å². The Morgan fingerprint density at radius 3 is 1.55 bits per heavy atom. The quantitative estimate of drug-likeness (QED) is 0.369. The van der Waals surface area contributed by atoms with Crippen molar-refractivity contribution in [3.05, 3.63) is 70.8 Å². The molecule has 0 saturated heterocycles. The molecule has 0 heterocycles. The summed E-state index contributed by atoms with van der Waals surface area (Å²) in [5.41, 5.74) is 4.54. The number of aliphatic carboxylic acids is 2. The van der Waals surface area contributed by atoms with E-state index in [9.17, 15) is 9.59 Å². The highest BCUT2D eigenvalue weighted by atomic mass is 16.4. The third-order valence-corrected chi connectivity index (χ3v) is 5.52. The van der Waals surface area contributed by atoms with E-state index in [4.69, 9.17) is 10.2 Å². The van der Waals surface area contributed by atoms with E-state index in [1.54, 1.807) is 0 Å². The molecule has 0 unspecified atom stereocenters. The van der Waals surface area contributed by atoms with Gasteiger partial charge in [0, 0.05) is 43.9 Å². The summed E-state index contributed by atoms with van der Waals surface area (Å²) < 4.78 is 0. The highest BCUT2D eigenvalue weighted by Gasteiger charge is 2.23. The average molecular weight is 445 g/mol. The fourth-order valence-corrected chi connectivity index (χ4v) is 3.47. The van der Waals surface area contributed by atoms with Crippen LogP contribution in [0.15, 0.2) is 48.5 Å². The van der Waals surface area contributed by atoms with Crippen molar-refractivity contribution in [3.63, 3.8) is 0 Å². The van der Waals surface area contributed by atoms with Crippen molar-refractivity contribution < 1.29 is 19.8 Å². The predicted molar refractivity (Wildman–Crippen MR) is 131 cm³/mol. The van der Waals surface area contributed by atoms with E-state index < -0.39 is 11.9 Å². The van der Waals surface area contributed by atoms with Gasteiger partial charge in [0.25, 0.3) is 0 Å². The zero-order valence-electron chi connectivity index (χ0n) is 19.5. The molecule has 0 bridgehead atoms. The molecule has 0 aromatic heterocycles. The van der Waals surface area contributed by atoms with Crippen molar-refractivity contribution in [1.82, 2.24) is 0 Å². The zero-order chi connectivity index (χ0) is 24.1. The van der Waals surface area contributed by atoms with Gasteiger partial charge in [-0.3, -0.25) is 9.59 Å². The monoisotopic (exact) mass is 444 g/mol. The molecule has 0 saturated carbocycles. The smallest absolute Gasteiger partial charge is 0.303 e. The molecule has 0 atom stereocenters. The van der Waals surface area contributed by atoms with E-state index in [2.05, 4.69) is 86.1 Å². The maximum atomic E-state index is 10.6. The maximum Gasteiger partial charge on any atom is 0.303 e. The van der Waals surface area contributed by atoms with Gasteiger partial charge in [-0.05, 0) is 35.1 Å². The SMILES string of the molecule is CC(C)(c1cccc(CC#CCCCC(=O)O)c1)c1cccc(CC#CCCCC(=O)O)c1. The molecular formula is C29H32O4. The topological polar surface area (TPSA) is 74.6 Å². The first kappa shape index (κ1) is 25.8. The van der Waals surface area contributed by atoms with E-state index in [-0.39, 0.29) is 18.3 Å². The van der Waals surface area contributed by atoms with Crippen LogP contribution in [0.1, 0.15) is 74.6 Å². The van der Waals surface area contributed by atoms with Crippen LogP contribution in [0.5, 0.6) is 0 Å². The Labute approximate surface area is 197 Å². The summed E-state index contributed by atoms with van der Waals surface area (Å²) in [4.78, 5) is 21.1. The second kappa shape index (κ2) is 13.1. The lowest BCUT2D eigenvalue weighted by atomic mass is 9.77. The fourth-order valence-electron chi connectivity index (χ4n) is 3.47. The molecule has 2 rings (SSSR count). The van der Waals surface area contributed by atoms with Crippen LogP contribution in [0, 0.1) is 23.7 Å². The zero-order valence-corrected chi connectivity index (χ0v) is 19.5. The summed E-state index contributed by atoms with van der Waals surface area (Å²) in [5.74, 6) is 10.9. The van der Waals surface area contributed by atoms with E-state index >= 15 is 0 Å². The summed E-state index contributed by atoms with van der Waals surface area (Å²) >= 11 is 0. The van der Waals surface area contributed by atoms with Crippen LogP contribution < -0.4 is 0 Å². The minimum atomic E-state index is -0.779. The maximum absolute atomic E-state index is 10.6. The second-order valence-corrected chi connectivity index (χ2v) is 8.58. The molecule has 4 heteroatoms. The van der Waals surface area contributed by atoms with Gasteiger partial charge in [0.05, 0.1) is 0 Å². The molecule has 0 amide bonds. The second-order valence-electron chi connectivity index (χ2n) is 8.58. The molecule has 0 radical (unpaired) electrons. The molecule has 0 aliphatic heterocycles. The Bertz CT molecular complexity index is 988. The molecule has 0 aliphatic rings. The Morgan fingerprint density at radius 2 is 1.15 bits per heavy atom. The van der Waals surface area contributed by atoms with Crippen molar-refractivity contribution in [3.8, 4) is 23.7 Å². The largest absolute Gasteiger partial charge is 0.481 e. The van der Waals surface area contributed by atoms with Gasteiger partial charge in [-0.1, -0.05) is 74.2 Å². The van der Waals surface area contributed by atoms with Crippen LogP contribution in [-0.4, -0.2) is 22.2 Å². The molecule has 2 aromatic carbocycles. The molecule has 33 heavy (non-hydrogen) atoms. The molecule has 2 N–H and O–H groups in total. The summed E-state index contributed by atoms with van der Waals surface area (Å²) in [5, 5.41) is 17.4. The lowest BCUT2D eigenvalue weighted by Crippen LogP contribution is -2.19. The summed E-state index contributed by atoms with van der Waals surface area (Å²) in [6.45, 7) is 4.42. The van der Waals surface area contributed by atoms with Gasteiger partial charge in [-0.15, -0.1) is 11.8 Å². The van der Waals surface area contributed by atoms with Crippen molar-refractivity contribution in [2.75, 3.05) is 0 Å². The Hall–Kier alpha value is -3.50. The highest BCUT2D eigenvalue weighted by molar-refractivity contribution is 5.66. The van der Waals surface area contributed by atoms with E-state index in [1.165, 1.54) is 11.1 Å². The standard InChI is InChI=1S/C29H32O4/c1-29(2,25-17-11-15-23(21-25)13-7-3-5-9-19-27(30)31)26-18-12-16-24(22-26)14-8-4-6-10-20-28(32)33/h11-12,15-18,21-22H,5-6,9-10,13-14,19-20H2,1-2H3,(H,30,31)(H,32,33). The van der Waals surface area contributed by atoms with Gasteiger partial charge in [0.2, 0.25) is 0 Å². The highest BCUT2D eigenvalue weighted by Crippen LogP contribution is 2.32. The first-order chi connectivity index (χ1) is 15.8. The lowest BCUT2D eigenvalue weighted by molar-refractivity contribution is -0.138. The molecule has 0 spiro atoms. The number of benzene rings is 2. The number of carboxylic acids is 2. The molecule has 172 valence electrons. The van der Waals surface area contributed by atoms with Crippen LogP contribution in [0.4, 0.5) is 0 Å². The Morgan fingerprint density at radius 1 is 0.727 bits per heavy atom. The minimum Gasteiger partial charge on any atom is -0.481 e. The predicted octanol–water partition coefficient (Wildman–Crippen LogP) is 5.61. The van der Waals surface area contributed by atoms with Crippen molar-refractivity contribution in [1.29, 1.82) is 0 Å². The third-order valence-electron chi connectivity index (χ3n) is 5.52. The normalized spacial score (nSPS) is 10.5. The third kappa shape index (κ3) is 9.26. The Kier molecular flexibility index (Phi) is 10.3. The fraction of sp³-hybridized carbons (Fsp3) is 0.379. The van der Waals surface area contributed by atoms with Gasteiger partial charge < -0.3 is 10.2 Å². The molecule has 0 fully saturated rings. The van der Waals surface area contributed by atoms with Crippen LogP contribution >= 0.6 is 0 Å². The van der Waals surface area contributed by atoms with Crippen molar-refractivity contribution in [2.45, 2.75) is 70.6 Å². The van der Waals surface area contributed by atoms with Gasteiger partial charge >= 0.3 is 11.9 Å². The number of rotatable bonds is 10. The van der Waals surface area contributed by atoms with Gasteiger partial charge in [0.15, 0.2) is 0 Å². The molecule has 2 aromatic rings. The van der Waals surface area contributed by atoms with Crippen LogP contribution in [0.2, 0.25) is 0 Å². The van der Waals surface area contributed by atoms with Crippen LogP contribution in [0.25, 0.3) is 0 Å². The van der Waals surface area contributed by atoms with Gasteiger partial charge in [-0.2, -0.15) is 0 Å². The lowest BCUT2D eigenvalue weighted by Gasteiger charge is -2.27. The first-order valence-electron chi connectivity index (χ1n) is 11.3. The summed E-state index contributed by atoms with van der Waals surface area (Å²) in [6, 6.07) is 16.9. The molecule has 0 aliphatic carbocycles. The van der Waals surface area contributed by atoms with Gasteiger partial charge in [-0.25, -0.2) is 0 Å². The average Bonchev–Trinajstić information content (AvgIpc) is 2.78. The Balaban J connectivity index is 2.03.